The molecule has 2 saturated heterocycles. The topological polar surface area (TPSA) is 115 Å². The summed E-state index contributed by atoms with van der Waals surface area (Å²) in [4.78, 5) is 24.9. The number of rotatable bonds is 5. The van der Waals surface area contributed by atoms with Gasteiger partial charge in [0.2, 0.25) is 5.95 Å². The Bertz CT molecular complexity index is 1570. The van der Waals surface area contributed by atoms with Crippen molar-refractivity contribution in [3.63, 3.8) is 0 Å². The molecule has 2 unspecified atom stereocenters. The van der Waals surface area contributed by atoms with Gasteiger partial charge in [0.25, 0.3) is 0 Å². The van der Waals surface area contributed by atoms with Gasteiger partial charge in [-0.3, -0.25) is 0 Å². The predicted molar refractivity (Wildman–Crippen MR) is 133 cm³/mol. The minimum atomic E-state index is 0.322. The average molecular weight is 482 g/mol. The molecule has 2 atom stereocenters. The van der Waals surface area contributed by atoms with Gasteiger partial charge in [-0.15, -0.1) is 0 Å². The van der Waals surface area contributed by atoms with Crippen LogP contribution in [0.5, 0.6) is 11.5 Å². The van der Waals surface area contributed by atoms with Crippen LogP contribution < -0.4 is 15.0 Å². The lowest BCUT2D eigenvalue weighted by Crippen LogP contribution is -2.46. The SMILES string of the molecule is Cc1cc(Nc2ncnc3cnc(N4C5CCC4COC5)nc23)ccc1Oc1ccn2ncnc2c1. The lowest BCUT2D eigenvalue weighted by molar-refractivity contribution is 0.0898. The maximum Gasteiger partial charge on any atom is 0.226 e. The number of hydrogen-bond acceptors (Lipinski definition) is 10. The van der Waals surface area contributed by atoms with E-state index in [0.29, 0.717) is 40.6 Å². The van der Waals surface area contributed by atoms with Crippen molar-refractivity contribution < 1.29 is 9.47 Å². The average Bonchev–Trinajstić information content (AvgIpc) is 3.46. The van der Waals surface area contributed by atoms with E-state index in [4.69, 9.17) is 14.5 Å². The normalized spacial score (nSPS) is 19.2. The van der Waals surface area contributed by atoms with E-state index in [0.717, 1.165) is 48.7 Å². The first-order chi connectivity index (χ1) is 17.7. The zero-order valence-corrected chi connectivity index (χ0v) is 19.6. The van der Waals surface area contributed by atoms with Crippen LogP contribution in [0.25, 0.3) is 16.7 Å². The molecule has 2 aliphatic rings. The summed E-state index contributed by atoms with van der Waals surface area (Å²) in [5.74, 6) is 2.79. The van der Waals surface area contributed by atoms with Gasteiger partial charge in [0.1, 0.15) is 35.2 Å². The number of nitrogens with zero attached hydrogens (tertiary/aromatic N) is 8. The number of aryl methyl sites for hydroxylation is 1. The third-order valence-corrected chi connectivity index (χ3v) is 6.75. The number of aromatic nitrogens is 7. The molecule has 11 nitrogen and oxygen atoms in total. The van der Waals surface area contributed by atoms with Crippen molar-refractivity contribution in [3.8, 4) is 11.5 Å². The van der Waals surface area contributed by atoms with Crippen LogP contribution in [0.1, 0.15) is 18.4 Å². The van der Waals surface area contributed by atoms with Gasteiger partial charge in [-0.25, -0.2) is 29.4 Å². The quantitative estimate of drug-likeness (QED) is 0.399. The fourth-order valence-corrected chi connectivity index (χ4v) is 4.98. The molecule has 6 heterocycles. The van der Waals surface area contributed by atoms with Gasteiger partial charge < -0.3 is 19.7 Å². The summed E-state index contributed by atoms with van der Waals surface area (Å²) in [5, 5.41) is 7.52. The molecule has 2 bridgehead atoms. The van der Waals surface area contributed by atoms with Crippen molar-refractivity contribution in [2.75, 3.05) is 23.4 Å². The van der Waals surface area contributed by atoms with E-state index < -0.39 is 0 Å². The summed E-state index contributed by atoms with van der Waals surface area (Å²) >= 11 is 0. The molecule has 1 N–H and O–H groups in total. The van der Waals surface area contributed by atoms with Gasteiger partial charge in [-0.2, -0.15) is 5.10 Å². The summed E-state index contributed by atoms with van der Waals surface area (Å²) in [5.41, 5.74) is 3.95. The lowest BCUT2D eigenvalue weighted by atomic mass is 10.2. The fraction of sp³-hybridized carbons (Fsp3) is 0.280. The zero-order chi connectivity index (χ0) is 24.1. The molecular weight excluding hydrogens is 458 g/mol. The smallest absolute Gasteiger partial charge is 0.226 e. The van der Waals surface area contributed by atoms with Crippen LogP contribution in [0.3, 0.4) is 0 Å². The molecule has 2 fully saturated rings. The lowest BCUT2D eigenvalue weighted by Gasteiger charge is -2.34. The number of anilines is 3. The minimum Gasteiger partial charge on any atom is -0.457 e. The maximum atomic E-state index is 6.10. The molecule has 36 heavy (non-hydrogen) atoms. The van der Waals surface area contributed by atoms with Crippen LogP contribution in [-0.2, 0) is 4.74 Å². The molecule has 0 saturated carbocycles. The number of ether oxygens (including phenoxy) is 2. The molecule has 11 heteroatoms. The Labute approximate surface area is 206 Å². The molecule has 180 valence electrons. The van der Waals surface area contributed by atoms with E-state index in [-0.39, 0.29) is 0 Å². The molecule has 4 aromatic heterocycles. The molecule has 1 aromatic carbocycles. The van der Waals surface area contributed by atoms with Gasteiger partial charge in [-0.05, 0) is 49.6 Å². The summed E-state index contributed by atoms with van der Waals surface area (Å²) in [6.45, 7) is 3.44. The molecule has 5 aromatic rings. The Morgan fingerprint density at radius 1 is 1.00 bits per heavy atom. The van der Waals surface area contributed by atoms with Crippen molar-refractivity contribution in [1.82, 2.24) is 34.5 Å². The van der Waals surface area contributed by atoms with Crippen LogP contribution in [0, 0.1) is 6.92 Å². The van der Waals surface area contributed by atoms with Gasteiger partial charge in [0.15, 0.2) is 11.5 Å². The Morgan fingerprint density at radius 3 is 2.75 bits per heavy atom. The van der Waals surface area contributed by atoms with E-state index in [9.17, 15) is 0 Å². The highest BCUT2D eigenvalue weighted by molar-refractivity contribution is 5.87. The molecule has 0 aliphatic carbocycles. The van der Waals surface area contributed by atoms with Crippen molar-refractivity contribution in [2.45, 2.75) is 31.8 Å². The Balaban J connectivity index is 1.16. The first kappa shape index (κ1) is 20.9. The first-order valence-electron chi connectivity index (χ1n) is 11.9. The van der Waals surface area contributed by atoms with E-state index >= 15 is 0 Å². The van der Waals surface area contributed by atoms with Crippen LogP contribution in [0.15, 0.2) is 55.4 Å². The van der Waals surface area contributed by atoms with Gasteiger partial charge in [0.05, 0.1) is 31.5 Å². The van der Waals surface area contributed by atoms with Crippen LogP contribution in [-0.4, -0.2) is 59.8 Å². The second-order valence-electron chi connectivity index (χ2n) is 9.09. The standard InChI is InChI=1S/C25H23N9O2/c1-15-8-16(2-5-21(15)36-19-6-7-33-22(9-19)28-14-30-33)31-24-23-20(27-13-29-24)10-26-25(32-23)34-17-3-4-18(34)12-35-11-17/h2,5-10,13-14,17-18H,3-4,11-12H2,1H3,(H,27,29,31). The monoisotopic (exact) mass is 481 g/mol. The Morgan fingerprint density at radius 2 is 1.89 bits per heavy atom. The van der Waals surface area contributed by atoms with E-state index in [1.54, 1.807) is 10.7 Å². The van der Waals surface area contributed by atoms with Crippen LogP contribution >= 0.6 is 0 Å². The van der Waals surface area contributed by atoms with Crippen LogP contribution in [0.4, 0.5) is 17.5 Å². The van der Waals surface area contributed by atoms with Crippen molar-refractivity contribution in [3.05, 3.63) is 60.9 Å². The summed E-state index contributed by atoms with van der Waals surface area (Å²) in [7, 11) is 0. The number of hydrogen-bond donors (Lipinski definition) is 1. The Kier molecular flexibility index (Phi) is 4.88. The van der Waals surface area contributed by atoms with Gasteiger partial charge in [0, 0.05) is 18.0 Å². The highest BCUT2D eigenvalue weighted by Gasteiger charge is 2.39. The second kappa shape index (κ2) is 8.38. The highest BCUT2D eigenvalue weighted by atomic mass is 16.5. The van der Waals surface area contributed by atoms with Gasteiger partial charge in [-0.1, -0.05) is 0 Å². The van der Waals surface area contributed by atoms with Gasteiger partial charge >= 0.3 is 0 Å². The van der Waals surface area contributed by atoms with Crippen molar-refractivity contribution in [1.29, 1.82) is 0 Å². The van der Waals surface area contributed by atoms with Crippen LogP contribution in [0.2, 0.25) is 0 Å². The fourth-order valence-electron chi connectivity index (χ4n) is 4.98. The van der Waals surface area contributed by atoms with Crippen molar-refractivity contribution in [2.24, 2.45) is 0 Å². The Hall–Kier alpha value is -4.38. The molecule has 0 amide bonds. The summed E-state index contributed by atoms with van der Waals surface area (Å²) in [6.07, 6.45) is 8.83. The molecular formula is C25H23N9O2. The summed E-state index contributed by atoms with van der Waals surface area (Å²) < 4.78 is 13.5. The molecule has 0 radical (unpaired) electrons. The number of nitrogens with one attached hydrogen (secondary N) is 1. The molecule has 2 aliphatic heterocycles. The summed E-state index contributed by atoms with van der Waals surface area (Å²) in [6, 6.07) is 10.3. The van der Waals surface area contributed by atoms with E-state index in [2.05, 4.69) is 35.3 Å². The zero-order valence-electron chi connectivity index (χ0n) is 19.6. The first-order valence-corrected chi connectivity index (χ1v) is 11.9. The number of morpholine rings is 1. The second-order valence-corrected chi connectivity index (χ2v) is 9.09. The van der Waals surface area contributed by atoms with Crippen molar-refractivity contribution >= 4 is 34.1 Å². The number of fused-ring (bicyclic) bond motifs is 4. The number of benzene rings is 1. The predicted octanol–water partition coefficient (Wildman–Crippen LogP) is 3.67. The largest absolute Gasteiger partial charge is 0.457 e. The third kappa shape index (κ3) is 3.64. The van der Waals surface area contributed by atoms with E-state index in [1.165, 1.54) is 12.7 Å². The minimum absolute atomic E-state index is 0.322. The third-order valence-electron chi connectivity index (χ3n) is 6.75. The van der Waals surface area contributed by atoms with E-state index in [1.807, 2.05) is 43.5 Å². The number of pyridine rings is 1. The molecule has 0 spiro atoms. The highest BCUT2D eigenvalue weighted by Crippen LogP contribution is 2.34. The maximum absolute atomic E-state index is 6.10. The molecule has 7 rings (SSSR count).